The van der Waals surface area contributed by atoms with Crippen molar-refractivity contribution in [2.24, 2.45) is 0 Å². The highest BCUT2D eigenvalue weighted by Crippen LogP contribution is 2.65. The summed E-state index contributed by atoms with van der Waals surface area (Å²) in [7, 11) is 0. The quantitative estimate of drug-likeness (QED) is 0.389. The molecule has 0 aliphatic heterocycles. The lowest BCUT2D eigenvalue weighted by atomic mass is 9.89. The van der Waals surface area contributed by atoms with Crippen LogP contribution >= 0.6 is 0 Å². The lowest BCUT2D eigenvalue weighted by molar-refractivity contribution is -0.348. The maximum atomic E-state index is 13.5. The van der Waals surface area contributed by atoms with E-state index in [1.165, 1.54) is 0 Å². The third-order valence-electron chi connectivity index (χ3n) is 3.50. The smallest absolute Gasteiger partial charge is 0.204 e. The molecular weight excluding hydrogens is 474 g/mol. The Morgan fingerprint density at radius 3 is 1.28 bits per heavy atom. The normalized spacial score (nSPS) is 24.4. The van der Waals surface area contributed by atoms with Crippen LogP contribution in [-0.2, 0) is 0 Å². The van der Waals surface area contributed by atoms with Crippen LogP contribution in [0, 0.1) is 0 Å². The Labute approximate surface area is 145 Å². The molecule has 0 atom stereocenters. The number of hydrogen-bond donors (Lipinski definition) is 0. The maximum Gasteiger partial charge on any atom is 0.460 e. The summed E-state index contributed by atoms with van der Waals surface area (Å²) < 4.78 is 234. The highest BCUT2D eigenvalue weighted by Gasteiger charge is 2.88. The SMILES string of the molecule is FC(F)=C1C(C(F)(F)C(F)(F)C(F)(F)F)=C(F)C(F)(F)C(F)(F)C(F)(F)C1(F)F. The predicted octanol–water partition coefficient (Wildman–Crippen LogP) is 6.75. The molecule has 0 saturated carbocycles. The minimum absolute atomic E-state index is 4.84. The Hall–Kier alpha value is -1.78. The molecule has 0 amide bonds. The monoisotopic (exact) mass is 474 g/mol. The maximum absolute atomic E-state index is 13.5. The number of halogens is 18. The van der Waals surface area contributed by atoms with Crippen LogP contribution in [0.5, 0.6) is 0 Å². The van der Waals surface area contributed by atoms with Crippen molar-refractivity contribution in [2.75, 3.05) is 0 Å². The summed E-state index contributed by atoms with van der Waals surface area (Å²) in [6, 6.07) is 0. The van der Waals surface area contributed by atoms with Gasteiger partial charge in [-0.3, -0.25) is 0 Å². The van der Waals surface area contributed by atoms with E-state index in [0.29, 0.717) is 0 Å². The first kappa shape index (κ1) is 25.3. The summed E-state index contributed by atoms with van der Waals surface area (Å²) >= 11 is 0. The molecule has 0 heterocycles. The number of hydrogen-bond acceptors (Lipinski definition) is 0. The second kappa shape index (κ2) is 6.12. The van der Waals surface area contributed by atoms with Crippen molar-refractivity contribution in [3.63, 3.8) is 0 Å². The molecule has 1 aliphatic carbocycles. The Bertz CT molecular complexity index is 742. The molecule has 0 aromatic heterocycles. The van der Waals surface area contributed by atoms with Crippen LogP contribution in [0.25, 0.3) is 0 Å². The molecule has 29 heavy (non-hydrogen) atoms. The first-order chi connectivity index (χ1) is 12.3. The molecule has 18 heteroatoms. The largest absolute Gasteiger partial charge is 0.460 e. The second-order valence-corrected chi connectivity index (χ2v) is 5.27. The molecule has 0 aromatic rings. The molecule has 0 nitrogen and oxygen atoms in total. The van der Waals surface area contributed by atoms with E-state index in [1.807, 2.05) is 0 Å². The summed E-state index contributed by atoms with van der Waals surface area (Å²) in [5.41, 5.74) is -9.95. The Balaban J connectivity index is 4.30. The Morgan fingerprint density at radius 2 is 0.966 bits per heavy atom. The molecule has 0 radical (unpaired) electrons. The van der Waals surface area contributed by atoms with Crippen LogP contribution in [0.4, 0.5) is 79.0 Å². The standard InChI is InChI=1S/C11F18/c12-3-1(5(15,16)10(25,26)11(27,28)29)2(4(13)14)6(17,18)8(21,22)9(23,24)7(3,19)20. The molecule has 0 spiro atoms. The third kappa shape index (κ3) is 2.87. The Kier molecular flexibility index (Phi) is 5.33. The van der Waals surface area contributed by atoms with Gasteiger partial charge in [-0.05, 0) is 0 Å². The topological polar surface area (TPSA) is 0 Å². The van der Waals surface area contributed by atoms with E-state index in [0.717, 1.165) is 0 Å². The fraction of sp³-hybridized carbons (Fsp3) is 0.636. The lowest BCUT2D eigenvalue weighted by Gasteiger charge is -2.34. The zero-order valence-corrected chi connectivity index (χ0v) is 12.3. The molecule has 0 bridgehead atoms. The van der Waals surface area contributed by atoms with Crippen molar-refractivity contribution in [2.45, 2.75) is 41.7 Å². The van der Waals surface area contributed by atoms with Crippen LogP contribution in [0.3, 0.4) is 0 Å². The number of rotatable bonds is 2. The molecule has 0 N–H and O–H groups in total. The van der Waals surface area contributed by atoms with E-state index in [2.05, 4.69) is 0 Å². The molecular formula is C11F18. The van der Waals surface area contributed by atoms with Crippen molar-refractivity contribution in [3.05, 3.63) is 23.1 Å². The number of allylic oxidation sites excluding steroid dienone is 3. The van der Waals surface area contributed by atoms with E-state index < -0.39 is 64.8 Å². The van der Waals surface area contributed by atoms with Crippen LogP contribution in [0.15, 0.2) is 23.1 Å². The van der Waals surface area contributed by atoms with Gasteiger partial charge in [0.2, 0.25) is 0 Å². The van der Waals surface area contributed by atoms with E-state index in [1.54, 1.807) is 0 Å². The van der Waals surface area contributed by atoms with Gasteiger partial charge in [-0.2, -0.15) is 74.6 Å². The summed E-state index contributed by atoms with van der Waals surface area (Å²) in [6.07, 6.45) is -12.5. The molecule has 1 aliphatic rings. The van der Waals surface area contributed by atoms with Gasteiger partial charge in [-0.25, -0.2) is 4.39 Å². The summed E-state index contributed by atoms with van der Waals surface area (Å²) in [4.78, 5) is 0. The van der Waals surface area contributed by atoms with E-state index in [4.69, 9.17) is 0 Å². The van der Waals surface area contributed by atoms with Gasteiger partial charge >= 0.3 is 41.7 Å². The highest BCUT2D eigenvalue weighted by atomic mass is 19.4. The second-order valence-electron chi connectivity index (χ2n) is 5.27. The zero-order chi connectivity index (χ0) is 23.8. The third-order valence-corrected chi connectivity index (χ3v) is 3.50. The minimum Gasteiger partial charge on any atom is -0.204 e. The van der Waals surface area contributed by atoms with Crippen molar-refractivity contribution in [3.8, 4) is 0 Å². The van der Waals surface area contributed by atoms with Crippen LogP contribution in [-0.4, -0.2) is 41.7 Å². The minimum atomic E-state index is -7.94. The molecule has 0 saturated heterocycles. The average Bonchev–Trinajstić information content (AvgIpc) is 2.49. The van der Waals surface area contributed by atoms with Crippen molar-refractivity contribution in [1.82, 2.24) is 0 Å². The Morgan fingerprint density at radius 1 is 0.621 bits per heavy atom. The van der Waals surface area contributed by atoms with E-state index in [-0.39, 0.29) is 0 Å². The van der Waals surface area contributed by atoms with Crippen molar-refractivity contribution >= 4 is 0 Å². The highest BCUT2D eigenvalue weighted by molar-refractivity contribution is 5.51. The predicted molar refractivity (Wildman–Crippen MR) is 53.1 cm³/mol. The van der Waals surface area contributed by atoms with Gasteiger partial charge in [-0.15, -0.1) is 0 Å². The fourth-order valence-electron chi connectivity index (χ4n) is 1.96. The van der Waals surface area contributed by atoms with Gasteiger partial charge in [0.05, 0.1) is 5.57 Å². The summed E-state index contributed by atoms with van der Waals surface area (Å²) in [6.45, 7) is 0. The molecule has 0 fully saturated rings. The molecule has 0 unspecified atom stereocenters. The summed E-state index contributed by atoms with van der Waals surface area (Å²) in [5.74, 6) is -52.1. The van der Waals surface area contributed by atoms with Gasteiger partial charge in [0, 0.05) is 0 Å². The first-order valence-electron chi connectivity index (χ1n) is 6.15. The lowest BCUT2D eigenvalue weighted by Crippen LogP contribution is -2.61. The van der Waals surface area contributed by atoms with Gasteiger partial charge in [0.25, 0.3) is 6.08 Å². The van der Waals surface area contributed by atoms with Crippen LogP contribution in [0.2, 0.25) is 0 Å². The number of alkyl halides is 15. The van der Waals surface area contributed by atoms with E-state index in [9.17, 15) is 79.0 Å². The van der Waals surface area contributed by atoms with E-state index >= 15 is 0 Å². The fourth-order valence-corrected chi connectivity index (χ4v) is 1.96. The first-order valence-corrected chi connectivity index (χ1v) is 6.15. The molecule has 0 aromatic carbocycles. The summed E-state index contributed by atoms with van der Waals surface area (Å²) in [5, 5.41) is 0. The van der Waals surface area contributed by atoms with Crippen molar-refractivity contribution < 1.29 is 79.0 Å². The van der Waals surface area contributed by atoms with Gasteiger partial charge in [-0.1, -0.05) is 0 Å². The molecule has 170 valence electrons. The van der Waals surface area contributed by atoms with Crippen molar-refractivity contribution in [1.29, 1.82) is 0 Å². The van der Waals surface area contributed by atoms with Gasteiger partial charge in [0.15, 0.2) is 5.83 Å². The zero-order valence-electron chi connectivity index (χ0n) is 12.3. The molecule has 1 rings (SSSR count). The van der Waals surface area contributed by atoms with Crippen LogP contribution in [0.1, 0.15) is 0 Å². The van der Waals surface area contributed by atoms with Crippen LogP contribution < -0.4 is 0 Å². The van der Waals surface area contributed by atoms with Gasteiger partial charge < -0.3 is 0 Å². The van der Waals surface area contributed by atoms with Gasteiger partial charge in [0.1, 0.15) is 5.57 Å². The average molecular weight is 474 g/mol.